The summed E-state index contributed by atoms with van der Waals surface area (Å²) in [6, 6.07) is 8.68. The molecule has 6 heteroatoms. The lowest BCUT2D eigenvalue weighted by Crippen LogP contribution is -2.41. The minimum atomic E-state index is 0. The molecule has 1 atom stereocenters. The average molecular weight is 461 g/mol. The number of rotatable bonds is 8. The van der Waals surface area contributed by atoms with Crippen molar-refractivity contribution in [3.63, 3.8) is 0 Å². The maximum atomic E-state index is 5.66. The number of ether oxygens (including phenoxy) is 2. The van der Waals surface area contributed by atoms with Crippen LogP contribution in [-0.2, 0) is 15.9 Å². The molecule has 0 spiro atoms. The van der Waals surface area contributed by atoms with Gasteiger partial charge >= 0.3 is 0 Å². The summed E-state index contributed by atoms with van der Waals surface area (Å²) in [7, 11) is 3.56. The van der Waals surface area contributed by atoms with E-state index in [-0.39, 0.29) is 24.0 Å². The Morgan fingerprint density at radius 3 is 2.92 bits per heavy atom. The van der Waals surface area contributed by atoms with Gasteiger partial charge in [0.15, 0.2) is 5.96 Å². The van der Waals surface area contributed by atoms with Gasteiger partial charge in [-0.05, 0) is 25.3 Å². The molecule has 0 aromatic heterocycles. The van der Waals surface area contributed by atoms with Crippen LogP contribution in [0.1, 0.15) is 17.5 Å². The fourth-order valence-electron chi connectivity index (χ4n) is 3.07. The molecule has 0 aliphatic carbocycles. The van der Waals surface area contributed by atoms with Crippen LogP contribution in [0.15, 0.2) is 29.3 Å². The number of halogens is 1. The van der Waals surface area contributed by atoms with Gasteiger partial charge in [-0.1, -0.05) is 29.8 Å². The molecular formula is C19H32IN3O2. The minimum absolute atomic E-state index is 0. The predicted molar refractivity (Wildman–Crippen MR) is 114 cm³/mol. The van der Waals surface area contributed by atoms with E-state index in [0.29, 0.717) is 19.1 Å². The molecule has 1 aromatic rings. The Morgan fingerprint density at radius 2 is 2.20 bits per heavy atom. The number of guanidine groups is 1. The maximum absolute atomic E-state index is 5.66. The van der Waals surface area contributed by atoms with Crippen LogP contribution in [0.4, 0.5) is 0 Å². The second kappa shape index (κ2) is 12.5. The third-order valence-corrected chi connectivity index (χ3v) is 4.36. The van der Waals surface area contributed by atoms with E-state index in [9.17, 15) is 0 Å². The first-order valence-electron chi connectivity index (χ1n) is 8.80. The summed E-state index contributed by atoms with van der Waals surface area (Å²) in [6.07, 6.45) is 2.17. The number of nitrogens with one attached hydrogen (secondary N) is 1. The number of aryl methyl sites for hydroxylation is 1. The highest BCUT2D eigenvalue weighted by molar-refractivity contribution is 14.0. The van der Waals surface area contributed by atoms with E-state index < -0.39 is 0 Å². The topological polar surface area (TPSA) is 46.1 Å². The Labute approximate surface area is 169 Å². The molecule has 0 amide bonds. The zero-order valence-electron chi connectivity index (χ0n) is 15.7. The summed E-state index contributed by atoms with van der Waals surface area (Å²) >= 11 is 0. The fourth-order valence-corrected chi connectivity index (χ4v) is 3.07. The molecule has 1 N–H and O–H groups in total. The number of hydrogen-bond acceptors (Lipinski definition) is 3. The van der Waals surface area contributed by atoms with Gasteiger partial charge < -0.3 is 19.7 Å². The third-order valence-electron chi connectivity index (χ3n) is 4.36. The highest BCUT2D eigenvalue weighted by Crippen LogP contribution is 2.16. The van der Waals surface area contributed by atoms with Crippen LogP contribution >= 0.6 is 24.0 Å². The van der Waals surface area contributed by atoms with Gasteiger partial charge in [-0.15, -0.1) is 24.0 Å². The molecule has 1 saturated heterocycles. The van der Waals surface area contributed by atoms with Crippen LogP contribution in [0.5, 0.6) is 0 Å². The van der Waals surface area contributed by atoms with E-state index in [0.717, 1.165) is 45.0 Å². The van der Waals surface area contributed by atoms with E-state index in [1.807, 2.05) is 7.05 Å². The van der Waals surface area contributed by atoms with Gasteiger partial charge in [0, 0.05) is 39.7 Å². The van der Waals surface area contributed by atoms with Crippen LogP contribution in [0, 0.1) is 12.8 Å². The van der Waals surface area contributed by atoms with Crippen LogP contribution in [0.2, 0.25) is 0 Å². The molecule has 1 unspecified atom stereocenters. The Hall–Kier alpha value is -0.860. The molecule has 0 radical (unpaired) electrons. The first-order chi connectivity index (χ1) is 11.7. The molecule has 142 valence electrons. The van der Waals surface area contributed by atoms with Gasteiger partial charge in [0.1, 0.15) is 0 Å². The van der Waals surface area contributed by atoms with Gasteiger partial charge in [0.25, 0.3) is 0 Å². The molecule has 1 aliphatic rings. The first-order valence-corrected chi connectivity index (χ1v) is 8.80. The Balaban J connectivity index is 0.00000312. The molecule has 5 nitrogen and oxygen atoms in total. The monoisotopic (exact) mass is 461 g/mol. The average Bonchev–Trinajstić information content (AvgIpc) is 3.04. The van der Waals surface area contributed by atoms with Gasteiger partial charge in [-0.2, -0.15) is 0 Å². The highest BCUT2D eigenvalue weighted by Gasteiger charge is 2.24. The number of methoxy groups -OCH3 is 1. The quantitative estimate of drug-likeness (QED) is 0.280. The summed E-state index contributed by atoms with van der Waals surface area (Å²) in [5.41, 5.74) is 2.68. The van der Waals surface area contributed by atoms with E-state index in [1.165, 1.54) is 11.1 Å². The second-order valence-electron chi connectivity index (χ2n) is 6.38. The smallest absolute Gasteiger partial charge is 0.193 e. The van der Waals surface area contributed by atoms with Crippen LogP contribution < -0.4 is 5.32 Å². The molecule has 2 rings (SSSR count). The zero-order valence-corrected chi connectivity index (χ0v) is 18.0. The summed E-state index contributed by atoms with van der Waals surface area (Å²) in [4.78, 5) is 6.77. The lowest BCUT2D eigenvalue weighted by molar-refractivity contribution is 0.0536. The summed E-state index contributed by atoms with van der Waals surface area (Å²) in [5.74, 6) is 1.58. The van der Waals surface area contributed by atoms with Crippen molar-refractivity contribution in [1.29, 1.82) is 0 Å². The molecule has 1 heterocycles. The highest BCUT2D eigenvalue weighted by atomic mass is 127. The van der Waals surface area contributed by atoms with Crippen molar-refractivity contribution < 1.29 is 9.47 Å². The Bertz CT molecular complexity index is 525. The van der Waals surface area contributed by atoms with Gasteiger partial charge in [-0.3, -0.25) is 4.99 Å². The van der Waals surface area contributed by atoms with Crippen molar-refractivity contribution in [2.24, 2.45) is 10.9 Å². The zero-order chi connectivity index (χ0) is 17.2. The molecule has 25 heavy (non-hydrogen) atoms. The van der Waals surface area contributed by atoms with Crippen LogP contribution in [0.25, 0.3) is 0 Å². The molecule has 1 aromatic carbocycles. The van der Waals surface area contributed by atoms with Crippen LogP contribution in [-0.4, -0.2) is 64.5 Å². The van der Waals surface area contributed by atoms with Crippen molar-refractivity contribution in [3.05, 3.63) is 35.4 Å². The standard InChI is InChI=1S/C19H31N3O2.HI/c1-16-5-4-6-17(13-16)7-9-21-19(20-2)22-10-8-18(14-22)15-24-12-11-23-3;/h4-6,13,18H,7-12,14-15H2,1-3H3,(H,20,21);1H. The number of nitrogens with zero attached hydrogens (tertiary/aromatic N) is 2. The summed E-state index contributed by atoms with van der Waals surface area (Å²) in [6.45, 7) is 7.24. The normalized spacial score (nSPS) is 17.5. The van der Waals surface area contributed by atoms with Crippen molar-refractivity contribution in [2.75, 3.05) is 53.6 Å². The first kappa shape index (κ1) is 22.2. The van der Waals surface area contributed by atoms with E-state index in [2.05, 4.69) is 46.4 Å². The third kappa shape index (κ3) is 7.92. The fraction of sp³-hybridized carbons (Fsp3) is 0.632. The largest absolute Gasteiger partial charge is 0.382 e. The van der Waals surface area contributed by atoms with E-state index >= 15 is 0 Å². The van der Waals surface area contributed by atoms with Crippen LogP contribution in [0.3, 0.4) is 0 Å². The molecule has 1 fully saturated rings. The van der Waals surface area contributed by atoms with E-state index in [4.69, 9.17) is 9.47 Å². The Morgan fingerprint density at radius 1 is 1.36 bits per heavy atom. The molecule has 0 bridgehead atoms. The number of aliphatic imine (C=N–C) groups is 1. The van der Waals surface area contributed by atoms with E-state index in [1.54, 1.807) is 7.11 Å². The van der Waals surface area contributed by atoms with Gasteiger partial charge in [0.05, 0.1) is 19.8 Å². The number of hydrogen-bond donors (Lipinski definition) is 1. The summed E-state index contributed by atoms with van der Waals surface area (Å²) in [5, 5.41) is 3.49. The maximum Gasteiger partial charge on any atom is 0.193 e. The van der Waals surface area contributed by atoms with Gasteiger partial charge in [-0.25, -0.2) is 0 Å². The second-order valence-corrected chi connectivity index (χ2v) is 6.38. The SMILES string of the molecule is CN=C(NCCc1cccc(C)c1)N1CCC(COCCOC)C1.I. The van der Waals surface area contributed by atoms with Gasteiger partial charge in [0.2, 0.25) is 0 Å². The molecular weight excluding hydrogens is 429 g/mol. The lowest BCUT2D eigenvalue weighted by atomic mass is 10.1. The molecule has 0 saturated carbocycles. The van der Waals surface area contributed by atoms with Crippen molar-refractivity contribution in [3.8, 4) is 0 Å². The van der Waals surface area contributed by atoms with Crippen molar-refractivity contribution in [1.82, 2.24) is 10.2 Å². The molecule has 1 aliphatic heterocycles. The predicted octanol–water partition coefficient (Wildman–Crippen LogP) is 2.72. The lowest BCUT2D eigenvalue weighted by Gasteiger charge is -2.21. The van der Waals surface area contributed by atoms with Crippen molar-refractivity contribution in [2.45, 2.75) is 19.8 Å². The Kier molecular flexibility index (Phi) is 11.1. The summed E-state index contributed by atoms with van der Waals surface area (Å²) < 4.78 is 10.7. The number of benzene rings is 1. The van der Waals surface area contributed by atoms with Crippen molar-refractivity contribution >= 4 is 29.9 Å². The number of likely N-dealkylation sites (tertiary alicyclic amines) is 1. The minimum Gasteiger partial charge on any atom is -0.382 e.